The number of β-amino-alcohol motifs (C(OH)–C–C–N with tert-alkyl or cyclic N) is 1. The molecule has 23 heavy (non-hydrogen) atoms. The summed E-state index contributed by atoms with van der Waals surface area (Å²) in [7, 11) is 0. The smallest absolute Gasteiger partial charge is 0.194 e. The summed E-state index contributed by atoms with van der Waals surface area (Å²) in [6, 6.07) is 6.19. The summed E-state index contributed by atoms with van der Waals surface area (Å²) in [4.78, 5) is 6.77. The third kappa shape index (κ3) is 5.13. The molecule has 0 radical (unpaired) electrons. The molecule has 1 aromatic carbocycles. The highest BCUT2D eigenvalue weighted by Gasteiger charge is 2.22. The summed E-state index contributed by atoms with van der Waals surface area (Å²) in [6.45, 7) is 9.97. The lowest BCUT2D eigenvalue weighted by molar-refractivity contribution is 0.187. The molecule has 128 valence electrons. The number of aliphatic imine (C=N–C) groups is 1. The van der Waals surface area contributed by atoms with Gasteiger partial charge < -0.3 is 20.1 Å². The van der Waals surface area contributed by atoms with Gasteiger partial charge in [0.05, 0.1) is 12.7 Å². The number of benzene rings is 1. The summed E-state index contributed by atoms with van der Waals surface area (Å²) in [5.74, 6) is 1.89. The van der Waals surface area contributed by atoms with Crippen LogP contribution in [0.15, 0.2) is 23.2 Å². The van der Waals surface area contributed by atoms with E-state index in [0.717, 1.165) is 44.2 Å². The molecule has 0 bridgehead atoms. The second kappa shape index (κ2) is 8.77. The molecular formula is C18H29N3O2. The minimum atomic E-state index is -0.230. The molecule has 1 aromatic rings. The second-order valence-electron chi connectivity index (χ2n) is 6.05. The number of aryl methyl sites for hydroxylation is 2. The SMILES string of the molecule is CCNC(=NCCCOc1c(C)cccc1C)N1CC[C@@H](O)C1. The number of hydrogen-bond donors (Lipinski definition) is 2. The number of aliphatic hydroxyl groups is 1. The van der Waals surface area contributed by atoms with Gasteiger partial charge in [-0.3, -0.25) is 4.99 Å². The highest BCUT2D eigenvalue weighted by atomic mass is 16.5. The molecule has 0 aromatic heterocycles. The number of hydrogen-bond acceptors (Lipinski definition) is 3. The highest BCUT2D eigenvalue weighted by Crippen LogP contribution is 2.22. The van der Waals surface area contributed by atoms with Crippen LogP contribution in [0.1, 0.15) is 30.9 Å². The molecule has 0 spiro atoms. The first-order chi connectivity index (χ1) is 11.1. The maximum atomic E-state index is 9.66. The molecule has 1 fully saturated rings. The van der Waals surface area contributed by atoms with Gasteiger partial charge in [-0.15, -0.1) is 0 Å². The number of rotatable bonds is 6. The van der Waals surface area contributed by atoms with Crippen molar-refractivity contribution in [2.24, 2.45) is 4.99 Å². The van der Waals surface area contributed by atoms with Gasteiger partial charge in [-0.25, -0.2) is 0 Å². The minimum absolute atomic E-state index is 0.230. The normalized spacial score (nSPS) is 18.3. The van der Waals surface area contributed by atoms with E-state index in [1.807, 2.05) is 0 Å². The van der Waals surface area contributed by atoms with Crippen molar-refractivity contribution < 1.29 is 9.84 Å². The molecule has 5 heteroatoms. The number of guanidine groups is 1. The van der Waals surface area contributed by atoms with Crippen molar-refractivity contribution >= 4 is 5.96 Å². The molecule has 5 nitrogen and oxygen atoms in total. The Hall–Kier alpha value is -1.75. The zero-order valence-corrected chi connectivity index (χ0v) is 14.5. The number of nitrogens with one attached hydrogen (secondary N) is 1. The number of likely N-dealkylation sites (tertiary alicyclic amines) is 1. The van der Waals surface area contributed by atoms with E-state index in [1.165, 1.54) is 11.1 Å². The van der Waals surface area contributed by atoms with E-state index in [4.69, 9.17) is 4.74 Å². The van der Waals surface area contributed by atoms with Crippen molar-refractivity contribution in [2.75, 3.05) is 32.8 Å². The van der Waals surface area contributed by atoms with E-state index < -0.39 is 0 Å². The predicted molar refractivity (Wildman–Crippen MR) is 94.2 cm³/mol. The van der Waals surface area contributed by atoms with E-state index in [-0.39, 0.29) is 6.10 Å². The van der Waals surface area contributed by atoms with Crippen LogP contribution in [0.5, 0.6) is 5.75 Å². The maximum absolute atomic E-state index is 9.66. The van der Waals surface area contributed by atoms with Crippen LogP contribution in [0.2, 0.25) is 0 Å². The summed E-state index contributed by atoms with van der Waals surface area (Å²) in [5, 5.41) is 13.0. The van der Waals surface area contributed by atoms with Crippen LogP contribution in [0, 0.1) is 13.8 Å². The van der Waals surface area contributed by atoms with Gasteiger partial charge in [-0.05, 0) is 38.3 Å². The van der Waals surface area contributed by atoms with Crippen LogP contribution >= 0.6 is 0 Å². The predicted octanol–water partition coefficient (Wildman–Crippen LogP) is 2.10. The fraction of sp³-hybridized carbons (Fsp3) is 0.611. The minimum Gasteiger partial charge on any atom is -0.493 e. The third-order valence-electron chi connectivity index (χ3n) is 4.02. The van der Waals surface area contributed by atoms with Gasteiger partial charge >= 0.3 is 0 Å². The van der Waals surface area contributed by atoms with Crippen molar-refractivity contribution in [1.29, 1.82) is 0 Å². The first-order valence-electron chi connectivity index (χ1n) is 8.52. The maximum Gasteiger partial charge on any atom is 0.194 e. The van der Waals surface area contributed by atoms with Gasteiger partial charge in [-0.1, -0.05) is 18.2 Å². The van der Waals surface area contributed by atoms with Crippen molar-refractivity contribution in [3.63, 3.8) is 0 Å². The van der Waals surface area contributed by atoms with Crippen LogP contribution in [-0.2, 0) is 0 Å². The number of aliphatic hydroxyl groups excluding tert-OH is 1. The molecule has 0 amide bonds. The molecule has 0 unspecified atom stereocenters. The van der Waals surface area contributed by atoms with Crippen molar-refractivity contribution in [2.45, 2.75) is 39.7 Å². The van der Waals surface area contributed by atoms with Crippen LogP contribution < -0.4 is 10.1 Å². The van der Waals surface area contributed by atoms with Crippen molar-refractivity contribution in [3.05, 3.63) is 29.3 Å². The van der Waals surface area contributed by atoms with E-state index >= 15 is 0 Å². The Kier molecular flexibility index (Phi) is 6.71. The Balaban J connectivity index is 1.80. The number of para-hydroxylation sites is 1. The largest absolute Gasteiger partial charge is 0.493 e. The monoisotopic (exact) mass is 319 g/mol. The lowest BCUT2D eigenvalue weighted by Gasteiger charge is -2.21. The summed E-state index contributed by atoms with van der Waals surface area (Å²) >= 11 is 0. The fourth-order valence-electron chi connectivity index (χ4n) is 2.81. The van der Waals surface area contributed by atoms with Gasteiger partial charge in [0.25, 0.3) is 0 Å². The molecule has 2 rings (SSSR count). The molecule has 1 aliphatic heterocycles. The Labute approximate surface area is 139 Å². The van der Waals surface area contributed by atoms with Crippen LogP contribution in [0.25, 0.3) is 0 Å². The van der Waals surface area contributed by atoms with Gasteiger partial charge in [0.1, 0.15) is 5.75 Å². The van der Waals surface area contributed by atoms with Crippen LogP contribution in [0.4, 0.5) is 0 Å². The molecule has 0 aliphatic carbocycles. The molecule has 1 aliphatic rings. The Morgan fingerprint density at radius 1 is 1.39 bits per heavy atom. The number of nitrogens with zero attached hydrogens (tertiary/aromatic N) is 2. The summed E-state index contributed by atoms with van der Waals surface area (Å²) in [5.41, 5.74) is 2.35. The zero-order valence-electron chi connectivity index (χ0n) is 14.5. The molecule has 0 saturated carbocycles. The van der Waals surface area contributed by atoms with Gasteiger partial charge in [0.15, 0.2) is 5.96 Å². The lowest BCUT2D eigenvalue weighted by atomic mass is 10.1. The highest BCUT2D eigenvalue weighted by molar-refractivity contribution is 5.80. The van der Waals surface area contributed by atoms with Crippen LogP contribution in [0.3, 0.4) is 0 Å². The van der Waals surface area contributed by atoms with Gasteiger partial charge in [0, 0.05) is 32.6 Å². The average Bonchev–Trinajstić information content (AvgIpc) is 2.95. The standard InChI is InChI=1S/C18H29N3O2/c1-4-19-18(21-11-9-16(22)13-21)20-10-6-12-23-17-14(2)7-5-8-15(17)3/h5,7-8,16,22H,4,6,9-13H2,1-3H3,(H,19,20)/t16-/m1/s1. The Bertz CT molecular complexity index is 511. The Morgan fingerprint density at radius 3 is 2.74 bits per heavy atom. The van der Waals surface area contributed by atoms with E-state index in [9.17, 15) is 5.11 Å². The van der Waals surface area contributed by atoms with Crippen LogP contribution in [-0.4, -0.2) is 54.9 Å². The number of ether oxygens (including phenoxy) is 1. The van der Waals surface area contributed by atoms with Gasteiger partial charge in [-0.2, -0.15) is 0 Å². The first kappa shape index (κ1) is 17.6. The first-order valence-corrected chi connectivity index (χ1v) is 8.52. The summed E-state index contributed by atoms with van der Waals surface area (Å²) in [6.07, 6.45) is 1.46. The fourth-order valence-corrected chi connectivity index (χ4v) is 2.81. The molecule has 1 heterocycles. The Morgan fingerprint density at radius 2 is 2.13 bits per heavy atom. The zero-order chi connectivity index (χ0) is 16.7. The quantitative estimate of drug-likeness (QED) is 0.479. The van der Waals surface area contributed by atoms with Crippen molar-refractivity contribution in [3.8, 4) is 5.75 Å². The second-order valence-corrected chi connectivity index (χ2v) is 6.05. The molecule has 1 atom stereocenters. The van der Waals surface area contributed by atoms with Crippen molar-refractivity contribution in [1.82, 2.24) is 10.2 Å². The third-order valence-corrected chi connectivity index (χ3v) is 4.02. The topological polar surface area (TPSA) is 57.1 Å². The molecule has 2 N–H and O–H groups in total. The summed E-state index contributed by atoms with van der Waals surface area (Å²) < 4.78 is 5.91. The van der Waals surface area contributed by atoms with E-state index in [1.54, 1.807) is 0 Å². The van der Waals surface area contributed by atoms with E-state index in [0.29, 0.717) is 13.2 Å². The molecular weight excluding hydrogens is 290 g/mol. The van der Waals surface area contributed by atoms with Gasteiger partial charge in [0.2, 0.25) is 0 Å². The van der Waals surface area contributed by atoms with E-state index in [2.05, 4.69) is 54.2 Å². The lowest BCUT2D eigenvalue weighted by Crippen LogP contribution is -2.40. The average molecular weight is 319 g/mol. The molecule has 1 saturated heterocycles.